The Hall–Kier alpha value is -3.39. The van der Waals surface area contributed by atoms with Gasteiger partial charge in [0.1, 0.15) is 5.75 Å². The molecule has 6 rings (SSSR count). The van der Waals surface area contributed by atoms with Crippen molar-refractivity contribution in [1.82, 2.24) is 4.98 Å². The second-order valence-electron chi connectivity index (χ2n) is 13.2. The van der Waals surface area contributed by atoms with Gasteiger partial charge in [0, 0.05) is 28.2 Å². The number of hydrogen-bond acceptors (Lipinski definition) is 2. The van der Waals surface area contributed by atoms with Gasteiger partial charge in [0.15, 0.2) is 0 Å². The standard InChI is InChI=1S/C41H49NO/c1-5-9-21-40(22-10-6-2)33-20-19-29(37-17-13-14-25-42-37)26-30(33)31-27-32-36(28-35(31)40)41(23-11-7-3,24-12-8-4)34-16-15-18-38(43)39(32)34/h13-20,25-28,43H,5-12,21-24H2,1-4H3. The van der Waals surface area contributed by atoms with Gasteiger partial charge in [0.05, 0.1) is 5.69 Å². The molecule has 4 aromatic rings. The maximum atomic E-state index is 11.4. The lowest BCUT2D eigenvalue weighted by Gasteiger charge is -2.36. The van der Waals surface area contributed by atoms with Gasteiger partial charge in [-0.1, -0.05) is 115 Å². The van der Waals surface area contributed by atoms with Crippen LogP contribution in [0.1, 0.15) is 127 Å². The summed E-state index contributed by atoms with van der Waals surface area (Å²) >= 11 is 0. The largest absolute Gasteiger partial charge is 0.507 e. The van der Waals surface area contributed by atoms with Gasteiger partial charge in [0.2, 0.25) is 0 Å². The molecule has 0 unspecified atom stereocenters. The topological polar surface area (TPSA) is 33.1 Å². The Morgan fingerprint density at radius 2 is 1.16 bits per heavy atom. The van der Waals surface area contributed by atoms with Gasteiger partial charge < -0.3 is 5.11 Å². The lowest BCUT2D eigenvalue weighted by Crippen LogP contribution is -2.28. The molecule has 224 valence electrons. The fourth-order valence-corrected chi connectivity index (χ4v) is 8.45. The zero-order valence-electron chi connectivity index (χ0n) is 26.8. The van der Waals surface area contributed by atoms with Crippen molar-refractivity contribution >= 4 is 0 Å². The predicted molar refractivity (Wildman–Crippen MR) is 182 cm³/mol. The molecule has 0 atom stereocenters. The summed E-state index contributed by atoms with van der Waals surface area (Å²) in [5.74, 6) is 0.428. The van der Waals surface area contributed by atoms with Crippen molar-refractivity contribution in [2.24, 2.45) is 0 Å². The Balaban J connectivity index is 1.65. The summed E-state index contributed by atoms with van der Waals surface area (Å²) < 4.78 is 0. The molecule has 1 heterocycles. The maximum absolute atomic E-state index is 11.4. The minimum Gasteiger partial charge on any atom is -0.507 e. The molecule has 0 bridgehead atoms. The van der Waals surface area contributed by atoms with Crippen molar-refractivity contribution in [1.29, 1.82) is 0 Å². The first kappa shape index (κ1) is 29.7. The molecule has 0 spiro atoms. The van der Waals surface area contributed by atoms with Crippen LogP contribution in [0.15, 0.2) is 72.9 Å². The number of phenols is 1. The summed E-state index contributed by atoms with van der Waals surface area (Å²) in [5.41, 5.74) is 13.1. The van der Waals surface area contributed by atoms with E-state index in [9.17, 15) is 5.11 Å². The first-order valence-electron chi connectivity index (χ1n) is 17.1. The third-order valence-corrected chi connectivity index (χ3v) is 10.6. The normalized spacial score (nSPS) is 15.2. The van der Waals surface area contributed by atoms with Crippen molar-refractivity contribution in [3.8, 4) is 39.3 Å². The van der Waals surface area contributed by atoms with Crippen molar-refractivity contribution < 1.29 is 5.11 Å². The summed E-state index contributed by atoms with van der Waals surface area (Å²) in [5, 5.41) is 11.4. The summed E-state index contributed by atoms with van der Waals surface area (Å²) in [6, 6.07) is 24.8. The summed E-state index contributed by atoms with van der Waals surface area (Å²) in [4.78, 5) is 4.71. The Bertz CT molecular complexity index is 1570. The average Bonchev–Trinajstić information content (AvgIpc) is 3.47. The highest BCUT2D eigenvalue weighted by Crippen LogP contribution is 2.62. The van der Waals surface area contributed by atoms with Crippen LogP contribution in [-0.2, 0) is 10.8 Å². The minimum absolute atomic E-state index is 0.0203. The molecule has 1 aromatic heterocycles. The Morgan fingerprint density at radius 3 is 1.77 bits per heavy atom. The molecule has 2 heteroatoms. The molecule has 0 radical (unpaired) electrons. The number of unbranched alkanes of at least 4 members (excludes halogenated alkanes) is 4. The van der Waals surface area contributed by atoms with Gasteiger partial charge in [-0.2, -0.15) is 0 Å². The monoisotopic (exact) mass is 571 g/mol. The van der Waals surface area contributed by atoms with Gasteiger partial charge in [-0.05, 0) is 95.0 Å². The van der Waals surface area contributed by atoms with Crippen LogP contribution in [0.5, 0.6) is 5.75 Å². The Kier molecular flexibility index (Phi) is 8.49. The average molecular weight is 572 g/mol. The zero-order chi connectivity index (χ0) is 30.0. The second-order valence-corrected chi connectivity index (χ2v) is 13.2. The number of nitrogens with zero attached hydrogens (tertiary/aromatic N) is 1. The first-order valence-corrected chi connectivity index (χ1v) is 17.1. The van der Waals surface area contributed by atoms with Crippen LogP contribution in [0.3, 0.4) is 0 Å². The molecule has 2 aliphatic rings. The lowest BCUT2D eigenvalue weighted by atomic mass is 9.67. The van der Waals surface area contributed by atoms with E-state index in [0.717, 1.165) is 24.1 Å². The molecule has 1 N–H and O–H groups in total. The minimum atomic E-state index is -0.0421. The number of fused-ring (bicyclic) bond motifs is 6. The van der Waals surface area contributed by atoms with Gasteiger partial charge in [-0.25, -0.2) is 0 Å². The highest BCUT2D eigenvalue weighted by atomic mass is 16.3. The van der Waals surface area contributed by atoms with E-state index in [4.69, 9.17) is 4.98 Å². The zero-order valence-corrected chi connectivity index (χ0v) is 26.8. The highest BCUT2D eigenvalue weighted by molar-refractivity contribution is 5.93. The van der Waals surface area contributed by atoms with E-state index in [1.54, 1.807) is 0 Å². The van der Waals surface area contributed by atoms with E-state index in [2.05, 4.69) is 82.3 Å². The number of benzene rings is 3. The molecule has 0 aliphatic heterocycles. The summed E-state index contributed by atoms with van der Waals surface area (Å²) in [7, 11) is 0. The number of phenolic OH excluding ortho intramolecular Hbond substituents is 1. The molecule has 0 amide bonds. The molecule has 0 saturated heterocycles. The first-order chi connectivity index (χ1) is 21.0. The molecule has 0 saturated carbocycles. The van der Waals surface area contributed by atoms with Crippen LogP contribution >= 0.6 is 0 Å². The number of pyridine rings is 1. The number of rotatable bonds is 13. The summed E-state index contributed by atoms with van der Waals surface area (Å²) in [6.45, 7) is 9.28. The van der Waals surface area contributed by atoms with E-state index in [1.807, 2.05) is 18.3 Å². The fourth-order valence-electron chi connectivity index (χ4n) is 8.45. The molecule has 0 fully saturated rings. The van der Waals surface area contributed by atoms with Gasteiger partial charge in [-0.3, -0.25) is 4.98 Å². The van der Waals surface area contributed by atoms with E-state index < -0.39 is 0 Å². The van der Waals surface area contributed by atoms with Crippen molar-refractivity contribution in [2.45, 2.75) is 116 Å². The molecular formula is C41H49NO. The Morgan fingerprint density at radius 1 is 0.558 bits per heavy atom. The molecular weight excluding hydrogens is 522 g/mol. The van der Waals surface area contributed by atoms with Crippen LogP contribution in [0.2, 0.25) is 0 Å². The van der Waals surface area contributed by atoms with E-state index in [-0.39, 0.29) is 10.8 Å². The fraction of sp³-hybridized carbons (Fsp3) is 0.439. The predicted octanol–water partition coefficient (Wildman–Crippen LogP) is 11.7. The van der Waals surface area contributed by atoms with Gasteiger partial charge >= 0.3 is 0 Å². The van der Waals surface area contributed by atoms with Crippen molar-refractivity contribution in [3.63, 3.8) is 0 Å². The number of hydrogen-bond donors (Lipinski definition) is 1. The maximum Gasteiger partial charge on any atom is 0.123 e. The van der Waals surface area contributed by atoms with Crippen molar-refractivity contribution in [2.75, 3.05) is 0 Å². The molecule has 2 aliphatic carbocycles. The SMILES string of the molecule is CCCCC1(CCCC)c2ccc(-c3ccccn3)cc2-c2cc3c(cc21)C(CCCC)(CCCC)c1cccc(O)c1-3. The lowest BCUT2D eigenvalue weighted by molar-refractivity contribution is 0.403. The summed E-state index contributed by atoms with van der Waals surface area (Å²) in [6.07, 6.45) is 16.1. The van der Waals surface area contributed by atoms with Crippen LogP contribution < -0.4 is 0 Å². The number of aromatic nitrogens is 1. The third-order valence-electron chi connectivity index (χ3n) is 10.6. The molecule has 43 heavy (non-hydrogen) atoms. The quantitative estimate of drug-likeness (QED) is 0.173. The van der Waals surface area contributed by atoms with Gasteiger partial charge in [-0.15, -0.1) is 0 Å². The van der Waals surface area contributed by atoms with Crippen LogP contribution in [-0.4, -0.2) is 10.1 Å². The number of aromatic hydroxyl groups is 1. The second kappa shape index (κ2) is 12.3. The van der Waals surface area contributed by atoms with Crippen LogP contribution in [0.4, 0.5) is 0 Å². The van der Waals surface area contributed by atoms with E-state index in [1.165, 1.54) is 109 Å². The van der Waals surface area contributed by atoms with E-state index in [0.29, 0.717) is 5.75 Å². The Labute approximate surface area is 259 Å². The van der Waals surface area contributed by atoms with Crippen molar-refractivity contribution in [3.05, 3.63) is 95.2 Å². The molecule has 2 nitrogen and oxygen atoms in total. The smallest absolute Gasteiger partial charge is 0.123 e. The van der Waals surface area contributed by atoms with Gasteiger partial charge in [0.25, 0.3) is 0 Å². The molecule has 3 aromatic carbocycles. The van der Waals surface area contributed by atoms with Crippen LogP contribution in [0.25, 0.3) is 33.5 Å². The van der Waals surface area contributed by atoms with Crippen LogP contribution in [0, 0.1) is 0 Å². The third kappa shape index (κ3) is 4.82. The van der Waals surface area contributed by atoms with E-state index >= 15 is 0 Å². The highest BCUT2D eigenvalue weighted by Gasteiger charge is 2.48.